The van der Waals surface area contributed by atoms with Gasteiger partial charge in [-0.25, -0.2) is 0 Å². The predicted octanol–water partition coefficient (Wildman–Crippen LogP) is 2.07. The van der Waals surface area contributed by atoms with Crippen LogP contribution in [-0.4, -0.2) is 12.7 Å². The highest BCUT2D eigenvalue weighted by atomic mass is 16.6. The molecule has 1 fully saturated rings. The second-order valence-corrected chi connectivity index (χ2v) is 2.12. The van der Waals surface area contributed by atoms with Crippen LogP contribution in [0.5, 0.6) is 0 Å². The van der Waals surface area contributed by atoms with Gasteiger partial charge in [0.05, 0.1) is 12.7 Å². The summed E-state index contributed by atoms with van der Waals surface area (Å²) in [7, 11) is 0. The summed E-state index contributed by atoms with van der Waals surface area (Å²) in [5, 5.41) is 0. The van der Waals surface area contributed by atoms with Gasteiger partial charge in [-0.3, -0.25) is 0 Å². The van der Waals surface area contributed by atoms with Crippen LogP contribution in [0.25, 0.3) is 0 Å². The molecule has 1 aliphatic rings. The summed E-state index contributed by atoms with van der Waals surface area (Å²) in [4.78, 5) is 0. The summed E-state index contributed by atoms with van der Waals surface area (Å²) >= 11 is 0. The topological polar surface area (TPSA) is 12.5 Å². The molecule has 1 atom stereocenters. The first kappa shape index (κ1) is 7.96. The minimum Gasteiger partial charge on any atom is -0.373 e. The Hall–Kier alpha value is -0.0400. The van der Waals surface area contributed by atoms with Crippen molar-refractivity contribution in [2.75, 3.05) is 6.61 Å². The second kappa shape index (κ2) is 3.90. The van der Waals surface area contributed by atoms with E-state index in [0.717, 1.165) is 12.5 Å². The van der Waals surface area contributed by atoms with Gasteiger partial charge in [-0.1, -0.05) is 27.7 Å². The molecular formula is C7H16O. The molecule has 0 aromatic carbocycles. The third kappa shape index (κ3) is 3.03. The maximum atomic E-state index is 4.97. The van der Waals surface area contributed by atoms with Crippen LogP contribution < -0.4 is 0 Å². The van der Waals surface area contributed by atoms with Gasteiger partial charge >= 0.3 is 0 Å². The molecule has 1 heteroatoms. The van der Waals surface area contributed by atoms with Gasteiger partial charge in [0.15, 0.2) is 0 Å². The van der Waals surface area contributed by atoms with Crippen LogP contribution in [0.1, 0.15) is 27.7 Å². The molecule has 0 N–H and O–H groups in total. The molecule has 0 bridgehead atoms. The fraction of sp³-hybridized carbons (Fsp3) is 1.00. The Morgan fingerprint density at radius 1 is 1.38 bits per heavy atom. The summed E-state index contributed by atoms with van der Waals surface area (Å²) in [5.41, 5.74) is 0. The van der Waals surface area contributed by atoms with Crippen LogP contribution in [0.3, 0.4) is 0 Å². The molecule has 8 heavy (non-hydrogen) atoms. The van der Waals surface area contributed by atoms with E-state index in [0.29, 0.717) is 6.10 Å². The Kier molecular flexibility index (Phi) is 3.88. The van der Waals surface area contributed by atoms with Crippen molar-refractivity contribution in [3.05, 3.63) is 0 Å². The molecule has 0 spiro atoms. The van der Waals surface area contributed by atoms with E-state index in [1.54, 1.807) is 0 Å². The monoisotopic (exact) mass is 116 g/mol. The van der Waals surface area contributed by atoms with Gasteiger partial charge in [-0.15, -0.1) is 0 Å². The number of hydrogen-bond acceptors (Lipinski definition) is 1. The lowest BCUT2D eigenvalue weighted by Crippen LogP contribution is -1.94. The van der Waals surface area contributed by atoms with Crippen LogP contribution in [-0.2, 0) is 4.74 Å². The maximum absolute atomic E-state index is 4.97. The maximum Gasteiger partial charge on any atom is 0.0832 e. The molecule has 0 saturated carbocycles. The second-order valence-electron chi connectivity index (χ2n) is 2.12. The highest BCUT2D eigenvalue weighted by molar-refractivity contribution is 4.71. The molecule has 0 amide bonds. The SMILES string of the molecule is CC.CC(C)C1CO1. The molecule has 0 radical (unpaired) electrons. The highest BCUT2D eigenvalue weighted by Gasteiger charge is 2.25. The lowest BCUT2D eigenvalue weighted by Gasteiger charge is -1.90. The van der Waals surface area contributed by atoms with E-state index in [1.807, 2.05) is 13.8 Å². The van der Waals surface area contributed by atoms with Gasteiger partial charge < -0.3 is 4.74 Å². The molecule has 0 aromatic heterocycles. The Labute approximate surface area is 52.0 Å². The Morgan fingerprint density at radius 2 is 1.75 bits per heavy atom. The average Bonchev–Trinajstić information content (AvgIpc) is 2.50. The largest absolute Gasteiger partial charge is 0.373 e. The number of hydrogen-bond donors (Lipinski definition) is 0. The Balaban J connectivity index is 0.000000222. The fourth-order valence-electron chi connectivity index (χ4n) is 0.440. The van der Waals surface area contributed by atoms with Gasteiger partial charge in [-0.05, 0) is 5.92 Å². The van der Waals surface area contributed by atoms with Gasteiger partial charge in [-0.2, -0.15) is 0 Å². The number of epoxide rings is 1. The van der Waals surface area contributed by atoms with E-state index in [4.69, 9.17) is 4.74 Å². The average molecular weight is 116 g/mol. The Bertz CT molecular complexity index is 46.3. The first-order chi connectivity index (χ1) is 3.80. The van der Waals surface area contributed by atoms with E-state index in [2.05, 4.69) is 13.8 Å². The molecule has 1 heterocycles. The van der Waals surface area contributed by atoms with Crippen LogP contribution >= 0.6 is 0 Å². The summed E-state index contributed by atoms with van der Waals surface area (Å²) in [6.07, 6.45) is 0.602. The van der Waals surface area contributed by atoms with E-state index in [9.17, 15) is 0 Å². The molecule has 1 saturated heterocycles. The van der Waals surface area contributed by atoms with Crippen molar-refractivity contribution in [1.82, 2.24) is 0 Å². The van der Waals surface area contributed by atoms with Gasteiger partial charge in [0.1, 0.15) is 0 Å². The minimum atomic E-state index is 0.602. The molecule has 1 aliphatic heterocycles. The van der Waals surface area contributed by atoms with Crippen molar-refractivity contribution >= 4 is 0 Å². The van der Waals surface area contributed by atoms with Gasteiger partial charge in [0, 0.05) is 0 Å². The first-order valence-corrected chi connectivity index (χ1v) is 3.42. The third-order valence-electron chi connectivity index (χ3n) is 1.10. The Morgan fingerprint density at radius 3 is 1.75 bits per heavy atom. The minimum absolute atomic E-state index is 0.602. The zero-order valence-corrected chi connectivity index (χ0v) is 6.27. The number of rotatable bonds is 1. The molecule has 1 nitrogen and oxygen atoms in total. The molecule has 1 rings (SSSR count). The van der Waals surface area contributed by atoms with Crippen LogP contribution in [0.15, 0.2) is 0 Å². The zero-order valence-electron chi connectivity index (χ0n) is 6.27. The van der Waals surface area contributed by atoms with Crippen molar-refractivity contribution in [3.8, 4) is 0 Å². The highest BCUT2D eigenvalue weighted by Crippen LogP contribution is 2.17. The van der Waals surface area contributed by atoms with E-state index < -0.39 is 0 Å². The smallest absolute Gasteiger partial charge is 0.0832 e. The van der Waals surface area contributed by atoms with Crippen molar-refractivity contribution in [2.45, 2.75) is 33.8 Å². The van der Waals surface area contributed by atoms with Crippen LogP contribution in [0.4, 0.5) is 0 Å². The molecule has 0 aliphatic carbocycles. The van der Waals surface area contributed by atoms with Crippen LogP contribution in [0.2, 0.25) is 0 Å². The normalized spacial score (nSPS) is 24.4. The van der Waals surface area contributed by atoms with Gasteiger partial charge in [0.2, 0.25) is 0 Å². The lowest BCUT2D eigenvalue weighted by atomic mass is 10.2. The van der Waals surface area contributed by atoms with E-state index in [-0.39, 0.29) is 0 Å². The summed E-state index contributed by atoms with van der Waals surface area (Å²) in [6, 6.07) is 0. The van der Waals surface area contributed by atoms with Crippen molar-refractivity contribution < 1.29 is 4.74 Å². The van der Waals surface area contributed by atoms with Crippen LogP contribution in [0, 0.1) is 5.92 Å². The van der Waals surface area contributed by atoms with Crippen molar-refractivity contribution in [2.24, 2.45) is 5.92 Å². The molecule has 0 aromatic rings. The molecular weight excluding hydrogens is 100 g/mol. The molecule has 1 unspecified atom stereocenters. The van der Waals surface area contributed by atoms with E-state index >= 15 is 0 Å². The summed E-state index contributed by atoms with van der Waals surface area (Å²) < 4.78 is 4.97. The zero-order chi connectivity index (χ0) is 6.57. The summed E-state index contributed by atoms with van der Waals surface area (Å²) in [6.45, 7) is 9.35. The lowest BCUT2D eigenvalue weighted by molar-refractivity contribution is 0.356. The number of ether oxygens (including phenoxy) is 1. The third-order valence-corrected chi connectivity index (χ3v) is 1.10. The quantitative estimate of drug-likeness (QED) is 0.478. The van der Waals surface area contributed by atoms with Crippen molar-refractivity contribution in [1.29, 1.82) is 0 Å². The molecule has 50 valence electrons. The van der Waals surface area contributed by atoms with E-state index in [1.165, 1.54) is 0 Å². The first-order valence-electron chi connectivity index (χ1n) is 3.42. The summed E-state index contributed by atoms with van der Waals surface area (Å²) in [5.74, 6) is 0.741. The standard InChI is InChI=1S/C5H10O.C2H6/c1-4(2)5-3-6-5;1-2/h4-5H,3H2,1-2H3;1-2H3. The fourth-order valence-corrected chi connectivity index (χ4v) is 0.440. The van der Waals surface area contributed by atoms with Crippen molar-refractivity contribution in [3.63, 3.8) is 0 Å². The van der Waals surface area contributed by atoms with Gasteiger partial charge in [0.25, 0.3) is 0 Å². The predicted molar refractivity (Wildman–Crippen MR) is 35.9 cm³/mol.